The van der Waals surface area contributed by atoms with Crippen molar-refractivity contribution in [2.75, 3.05) is 7.05 Å². The minimum Gasteiger partial charge on any atom is -0.472 e. The quantitative estimate of drug-likeness (QED) is 0.914. The average Bonchev–Trinajstić information content (AvgIpc) is 2.40. The van der Waals surface area contributed by atoms with Gasteiger partial charge < -0.3 is 10.1 Å². The maximum atomic E-state index is 6.12. The van der Waals surface area contributed by atoms with Crippen LogP contribution in [0.4, 0.5) is 0 Å². The highest BCUT2D eigenvalue weighted by molar-refractivity contribution is 6.32. The third kappa shape index (κ3) is 3.83. The molecule has 1 heterocycles. The van der Waals surface area contributed by atoms with E-state index in [1.165, 1.54) is 0 Å². The predicted molar refractivity (Wildman–Crippen MR) is 77.8 cm³/mol. The van der Waals surface area contributed by atoms with Crippen molar-refractivity contribution in [3.63, 3.8) is 0 Å². The summed E-state index contributed by atoms with van der Waals surface area (Å²) in [7, 11) is 1.87. The number of ether oxygens (including phenoxy) is 1. The van der Waals surface area contributed by atoms with Crippen LogP contribution in [0.1, 0.15) is 11.1 Å². The van der Waals surface area contributed by atoms with E-state index in [4.69, 9.17) is 27.9 Å². The molecular formula is C14H14Cl2N2O. The van der Waals surface area contributed by atoms with Crippen molar-refractivity contribution in [3.8, 4) is 5.88 Å². The van der Waals surface area contributed by atoms with Gasteiger partial charge in [0.05, 0.1) is 0 Å². The lowest BCUT2D eigenvalue weighted by molar-refractivity contribution is 0.294. The molecule has 0 spiro atoms. The van der Waals surface area contributed by atoms with Crippen molar-refractivity contribution >= 4 is 23.2 Å². The molecule has 0 saturated heterocycles. The Kier molecular flexibility index (Phi) is 5.02. The number of rotatable bonds is 5. The van der Waals surface area contributed by atoms with Crippen LogP contribution < -0.4 is 10.1 Å². The van der Waals surface area contributed by atoms with E-state index >= 15 is 0 Å². The molecule has 0 radical (unpaired) electrons. The van der Waals surface area contributed by atoms with E-state index in [9.17, 15) is 0 Å². The average molecular weight is 297 g/mol. The van der Waals surface area contributed by atoms with Crippen LogP contribution in [0.3, 0.4) is 0 Å². The molecule has 1 aromatic carbocycles. The second-order valence-electron chi connectivity index (χ2n) is 4.04. The van der Waals surface area contributed by atoms with Crippen LogP contribution in [0.5, 0.6) is 5.88 Å². The molecule has 1 aromatic heterocycles. The summed E-state index contributed by atoms with van der Waals surface area (Å²) < 4.78 is 5.59. The molecule has 0 atom stereocenters. The molecule has 0 fully saturated rings. The zero-order valence-electron chi connectivity index (χ0n) is 10.5. The van der Waals surface area contributed by atoms with Crippen molar-refractivity contribution < 1.29 is 4.74 Å². The predicted octanol–water partition coefficient (Wildman–Crippen LogP) is 3.69. The Hall–Kier alpha value is -1.29. The van der Waals surface area contributed by atoms with Gasteiger partial charge in [-0.2, -0.15) is 0 Å². The minimum absolute atomic E-state index is 0.345. The smallest absolute Gasteiger partial charge is 0.232 e. The first-order valence-electron chi connectivity index (χ1n) is 5.86. The summed E-state index contributed by atoms with van der Waals surface area (Å²) in [5.74, 6) is 0.418. The number of hydrogen-bond acceptors (Lipinski definition) is 3. The van der Waals surface area contributed by atoms with E-state index in [-0.39, 0.29) is 0 Å². The van der Waals surface area contributed by atoms with Gasteiger partial charge in [0, 0.05) is 23.3 Å². The highest BCUT2D eigenvalue weighted by Crippen LogP contribution is 2.24. The zero-order chi connectivity index (χ0) is 13.7. The Morgan fingerprint density at radius 3 is 2.68 bits per heavy atom. The van der Waals surface area contributed by atoms with Crippen LogP contribution in [0, 0.1) is 0 Å². The van der Waals surface area contributed by atoms with Crippen molar-refractivity contribution in [2.24, 2.45) is 0 Å². The molecule has 0 aliphatic heterocycles. The van der Waals surface area contributed by atoms with Gasteiger partial charge in [-0.3, -0.25) is 0 Å². The first-order chi connectivity index (χ1) is 9.20. The first-order valence-corrected chi connectivity index (χ1v) is 6.61. The Bertz CT molecular complexity index is 561. The van der Waals surface area contributed by atoms with E-state index in [0.29, 0.717) is 22.5 Å². The number of aromatic nitrogens is 1. The summed E-state index contributed by atoms with van der Waals surface area (Å²) in [6.07, 6.45) is 1.74. The number of nitrogens with zero attached hydrogens (tertiary/aromatic N) is 1. The third-order valence-corrected chi connectivity index (χ3v) is 3.21. The largest absolute Gasteiger partial charge is 0.472 e. The van der Waals surface area contributed by atoms with E-state index in [2.05, 4.69) is 10.3 Å². The second kappa shape index (κ2) is 6.75. The molecule has 19 heavy (non-hydrogen) atoms. The molecule has 0 unspecified atom stereocenters. The summed E-state index contributed by atoms with van der Waals surface area (Å²) in [5.41, 5.74) is 1.92. The fraction of sp³-hybridized carbons (Fsp3) is 0.214. The summed E-state index contributed by atoms with van der Waals surface area (Å²) in [5, 5.41) is 4.21. The molecule has 0 aliphatic carbocycles. The number of nitrogens with one attached hydrogen (secondary N) is 1. The van der Waals surface area contributed by atoms with Crippen molar-refractivity contribution in [1.82, 2.24) is 10.3 Å². The molecule has 100 valence electrons. The molecule has 0 aliphatic rings. The maximum absolute atomic E-state index is 6.12. The van der Waals surface area contributed by atoms with E-state index < -0.39 is 0 Å². The van der Waals surface area contributed by atoms with Crippen molar-refractivity contribution in [2.45, 2.75) is 13.2 Å². The van der Waals surface area contributed by atoms with Crippen LogP contribution >= 0.6 is 23.2 Å². The molecule has 2 rings (SSSR count). The third-order valence-electron chi connectivity index (χ3n) is 2.57. The van der Waals surface area contributed by atoms with E-state index in [1.54, 1.807) is 6.20 Å². The molecule has 1 N–H and O–H groups in total. The molecule has 0 amide bonds. The lowest BCUT2D eigenvalue weighted by atomic mass is 10.2. The Morgan fingerprint density at radius 1 is 1.21 bits per heavy atom. The van der Waals surface area contributed by atoms with Crippen LogP contribution in [-0.4, -0.2) is 12.0 Å². The second-order valence-corrected chi connectivity index (χ2v) is 4.86. The fourth-order valence-corrected chi connectivity index (χ4v) is 2.07. The monoisotopic (exact) mass is 296 g/mol. The molecule has 0 bridgehead atoms. The summed E-state index contributed by atoms with van der Waals surface area (Å²) in [6, 6.07) is 9.36. The zero-order valence-corrected chi connectivity index (χ0v) is 12.0. The standard InChI is InChI=1S/C14H14Cl2N2O/c1-17-7-10-6-13(16)14(18-8-10)19-9-11-4-2-3-5-12(11)15/h2-6,8,17H,7,9H2,1H3. The molecule has 2 aromatic rings. The highest BCUT2D eigenvalue weighted by atomic mass is 35.5. The molecule has 0 saturated carbocycles. The van der Waals surface area contributed by atoms with Gasteiger partial charge in [-0.25, -0.2) is 4.98 Å². The summed E-state index contributed by atoms with van der Waals surface area (Å²) >= 11 is 12.2. The summed E-state index contributed by atoms with van der Waals surface area (Å²) in [4.78, 5) is 4.20. The topological polar surface area (TPSA) is 34.2 Å². The van der Waals surface area contributed by atoms with Gasteiger partial charge in [-0.1, -0.05) is 41.4 Å². The first kappa shape index (κ1) is 14.1. The van der Waals surface area contributed by atoms with Gasteiger partial charge in [0.1, 0.15) is 11.6 Å². The fourth-order valence-electron chi connectivity index (χ4n) is 1.63. The Balaban J connectivity index is 2.06. The van der Waals surface area contributed by atoms with E-state index in [1.807, 2.05) is 37.4 Å². The number of pyridine rings is 1. The molecular weight excluding hydrogens is 283 g/mol. The summed E-state index contributed by atoms with van der Waals surface area (Å²) in [6.45, 7) is 1.06. The maximum Gasteiger partial charge on any atom is 0.232 e. The van der Waals surface area contributed by atoms with Crippen molar-refractivity contribution in [3.05, 3.63) is 57.7 Å². The van der Waals surface area contributed by atoms with Gasteiger partial charge in [0.2, 0.25) is 5.88 Å². The van der Waals surface area contributed by atoms with Crippen LogP contribution in [0.25, 0.3) is 0 Å². The van der Waals surface area contributed by atoms with Gasteiger partial charge in [0.15, 0.2) is 0 Å². The lowest BCUT2D eigenvalue weighted by Crippen LogP contribution is -2.06. The van der Waals surface area contributed by atoms with Gasteiger partial charge >= 0.3 is 0 Å². The number of halogens is 2. The number of hydrogen-bond donors (Lipinski definition) is 1. The van der Waals surface area contributed by atoms with Gasteiger partial charge in [-0.15, -0.1) is 0 Å². The molecule has 3 nitrogen and oxygen atoms in total. The van der Waals surface area contributed by atoms with Crippen LogP contribution in [0.2, 0.25) is 10.0 Å². The van der Waals surface area contributed by atoms with Crippen LogP contribution in [-0.2, 0) is 13.2 Å². The van der Waals surface area contributed by atoms with Crippen molar-refractivity contribution in [1.29, 1.82) is 0 Å². The lowest BCUT2D eigenvalue weighted by Gasteiger charge is -2.09. The van der Waals surface area contributed by atoms with E-state index in [0.717, 1.165) is 17.7 Å². The SMILES string of the molecule is CNCc1cnc(OCc2ccccc2Cl)c(Cl)c1. The Morgan fingerprint density at radius 2 is 2.00 bits per heavy atom. The van der Waals surface area contributed by atoms with Gasteiger partial charge in [0.25, 0.3) is 0 Å². The highest BCUT2D eigenvalue weighted by Gasteiger charge is 2.06. The molecule has 5 heteroatoms. The van der Waals surface area contributed by atoms with Gasteiger partial charge in [-0.05, 0) is 24.7 Å². The Labute approximate surface area is 122 Å². The van der Waals surface area contributed by atoms with Crippen LogP contribution in [0.15, 0.2) is 36.5 Å². The normalized spacial score (nSPS) is 10.5. The minimum atomic E-state index is 0.345. The number of benzene rings is 1.